The number of halogens is 1. The van der Waals surface area contributed by atoms with E-state index < -0.39 is 30.1 Å². The molecule has 23 heavy (non-hydrogen) atoms. The van der Waals surface area contributed by atoms with Crippen molar-refractivity contribution in [3.8, 4) is 5.75 Å². The van der Waals surface area contributed by atoms with Crippen molar-refractivity contribution in [1.29, 1.82) is 0 Å². The fourth-order valence-electron chi connectivity index (χ4n) is 1.99. The molecule has 0 aliphatic carbocycles. The van der Waals surface area contributed by atoms with E-state index in [9.17, 15) is 14.4 Å². The van der Waals surface area contributed by atoms with Crippen molar-refractivity contribution < 1.29 is 23.9 Å². The number of benzene rings is 1. The van der Waals surface area contributed by atoms with Gasteiger partial charge in [-0.25, -0.2) is 9.59 Å². The van der Waals surface area contributed by atoms with E-state index in [-0.39, 0.29) is 6.54 Å². The van der Waals surface area contributed by atoms with Gasteiger partial charge in [0.15, 0.2) is 12.2 Å². The Labute approximate surface area is 142 Å². The fourth-order valence-corrected chi connectivity index (χ4v) is 2.25. The minimum absolute atomic E-state index is 0.268. The minimum atomic E-state index is -1.05. The highest BCUT2D eigenvalue weighted by molar-refractivity contribution is 9.10. The number of carbonyl (C=O) groups is 3. The summed E-state index contributed by atoms with van der Waals surface area (Å²) in [5.41, 5.74) is 0. The standard InChI is InChI=1S/C15H17BrN2O5/c1-9(13(19)18-8-7-17-15(18)21)23-14(20)10(2)22-12-5-3-11(16)4-6-12/h3-6,9-10H,7-8H2,1-2H3,(H,17,21)/t9-,10+/m0/s1. The predicted molar refractivity (Wildman–Crippen MR) is 84.9 cm³/mol. The average Bonchev–Trinajstić information content (AvgIpc) is 2.94. The van der Waals surface area contributed by atoms with Crippen LogP contribution in [-0.2, 0) is 14.3 Å². The van der Waals surface area contributed by atoms with Gasteiger partial charge in [0, 0.05) is 17.6 Å². The average molecular weight is 385 g/mol. The van der Waals surface area contributed by atoms with E-state index in [0.29, 0.717) is 12.3 Å². The zero-order valence-corrected chi connectivity index (χ0v) is 14.3. The smallest absolute Gasteiger partial charge is 0.347 e. The summed E-state index contributed by atoms with van der Waals surface area (Å²) in [5.74, 6) is -0.715. The molecule has 0 bridgehead atoms. The largest absolute Gasteiger partial charge is 0.479 e. The molecule has 1 saturated heterocycles. The Morgan fingerprint density at radius 3 is 2.43 bits per heavy atom. The Kier molecular flexibility index (Phi) is 5.59. The van der Waals surface area contributed by atoms with Crippen LogP contribution in [0.4, 0.5) is 4.79 Å². The van der Waals surface area contributed by atoms with Gasteiger partial charge in [-0.3, -0.25) is 9.69 Å². The summed E-state index contributed by atoms with van der Waals surface area (Å²) < 4.78 is 11.4. The van der Waals surface area contributed by atoms with Gasteiger partial charge in [-0.2, -0.15) is 0 Å². The summed E-state index contributed by atoms with van der Waals surface area (Å²) in [6.07, 6.45) is -1.93. The second-order valence-corrected chi connectivity index (χ2v) is 5.93. The summed E-state index contributed by atoms with van der Waals surface area (Å²) in [4.78, 5) is 36.5. The highest BCUT2D eigenvalue weighted by Crippen LogP contribution is 2.18. The first-order valence-corrected chi connectivity index (χ1v) is 7.89. The summed E-state index contributed by atoms with van der Waals surface area (Å²) in [5, 5.41) is 2.52. The molecule has 1 aliphatic rings. The first-order chi connectivity index (χ1) is 10.9. The molecule has 0 radical (unpaired) electrons. The van der Waals surface area contributed by atoms with Gasteiger partial charge in [0.2, 0.25) is 0 Å². The number of hydrogen-bond donors (Lipinski definition) is 1. The quantitative estimate of drug-likeness (QED) is 0.780. The van der Waals surface area contributed by atoms with Crippen LogP contribution in [0.25, 0.3) is 0 Å². The molecule has 1 fully saturated rings. The molecule has 8 heteroatoms. The van der Waals surface area contributed by atoms with Gasteiger partial charge in [-0.15, -0.1) is 0 Å². The van der Waals surface area contributed by atoms with Crippen LogP contribution < -0.4 is 10.1 Å². The van der Waals surface area contributed by atoms with Crippen molar-refractivity contribution in [2.75, 3.05) is 13.1 Å². The predicted octanol–water partition coefficient (Wildman–Crippen LogP) is 1.70. The van der Waals surface area contributed by atoms with Crippen molar-refractivity contribution in [1.82, 2.24) is 10.2 Å². The first-order valence-electron chi connectivity index (χ1n) is 7.10. The van der Waals surface area contributed by atoms with Crippen LogP contribution in [0.15, 0.2) is 28.7 Å². The molecule has 1 N–H and O–H groups in total. The van der Waals surface area contributed by atoms with Gasteiger partial charge < -0.3 is 14.8 Å². The Balaban J connectivity index is 1.88. The van der Waals surface area contributed by atoms with E-state index in [4.69, 9.17) is 9.47 Å². The molecular formula is C15H17BrN2O5. The molecule has 0 saturated carbocycles. The second-order valence-electron chi connectivity index (χ2n) is 5.01. The number of imide groups is 1. The zero-order valence-electron chi connectivity index (χ0n) is 12.7. The highest BCUT2D eigenvalue weighted by atomic mass is 79.9. The zero-order chi connectivity index (χ0) is 17.0. The summed E-state index contributed by atoms with van der Waals surface area (Å²) in [7, 11) is 0. The lowest BCUT2D eigenvalue weighted by Crippen LogP contribution is -2.43. The molecular weight excluding hydrogens is 368 g/mol. The maximum atomic E-state index is 12.1. The third-order valence-electron chi connectivity index (χ3n) is 3.22. The normalized spacial score (nSPS) is 16.5. The third-order valence-corrected chi connectivity index (χ3v) is 3.75. The molecule has 1 heterocycles. The van der Waals surface area contributed by atoms with E-state index in [1.807, 2.05) is 0 Å². The molecule has 0 aromatic heterocycles. The Morgan fingerprint density at radius 1 is 1.22 bits per heavy atom. The number of urea groups is 1. The molecule has 7 nitrogen and oxygen atoms in total. The number of amides is 3. The maximum absolute atomic E-state index is 12.1. The van der Waals surface area contributed by atoms with Gasteiger partial charge in [0.1, 0.15) is 5.75 Å². The number of rotatable bonds is 5. The van der Waals surface area contributed by atoms with Crippen LogP contribution in [-0.4, -0.2) is 48.1 Å². The van der Waals surface area contributed by atoms with E-state index in [2.05, 4.69) is 21.2 Å². The van der Waals surface area contributed by atoms with Crippen LogP contribution >= 0.6 is 15.9 Å². The Hall–Kier alpha value is -2.09. The minimum Gasteiger partial charge on any atom is -0.479 e. The fraction of sp³-hybridized carbons (Fsp3) is 0.400. The maximum Gasteiger partial charge on any atom is 0.347 e. The van der Waals surface area contributed by atoms with Gasteiger partial charge in [-0.05, 0) is 38.1 Å². The summed E-state index contributed by atoms with van der Waals surface area (Å²) in [6.45, 7) is 3.63. The van der Waals surface area contributed by atoms with Crippen molar-refractivity contribution >= 4 is 33.8 Å². The van der Waals surface area contributed by atoms with Gasteiger partial charge >= 0.3 is 12.0 Å². The van der Waals surface area contributed by atoms with Crippen molar-refractivity contribution in [3.05, 3.63) is 28.7 Å². The topological polar surface area (TPSA) is 84.9 Å². The van der Waals surface area contributed by atoms with E-state index >= 15 is 0 Å². The molecule has 3 amide bonds. The van der Waals surface area contributed by atoms with Crippen molar-refractivity contribution in [2.45, 2.75) is 26.1 Å². The second kappa shape index (κ2) is 7.45. The van der Waals surface area contributed by atoms with Crippen LogP contribution in [0.5, 0.6) is 5.75 Å². The number of esters is 1. The van der Waals surface area contributed by atoms with E-state index in [0.717, 1.165) is 9.37 Å². The Bertz CT molecular complexity index is 604. The Morgan fingerprint density at radius 2 is 1.87 bits per heavy atom. The third kappa shape index (κ3) is 4.44. The molecule has 124 valence electrons. The van der Waals surface area contributed by atoms with Crippen LogP contribution in [0.1, 0.15) is 13.8 Å². The molecule has 2 atom stereocenters. The van der Waals surface area contributed by atoms with Crippen molar-refractivity contribution in [2.24, 2.45) is 0 Å². The molecule has 2 rings (SSSR count). The molecule has 0 spiro atoms. The molecule has 0 unspecified atom stereocenters. The first kappa shape index (κ1) is 17.3. The lowest BCUT2D eigenvalue weighted by Gasteiger charge is -2.20. The number of ether oxygens (including phenoxy) is 2. The number of nitrogens with one attached hydrogen (secondary N) is 1. The SMILES string of the molecule is C[C@H](OC(=O)[C@@H](C)Oc1ccc(Br)cc1)C(=O)N1CCNC1=O. The van der Waals surface area contributed by atoms with Gasteiger partial charge in [-0.1, -0.05) is 15.9 Å². The van der Waals surface area contributed by atoms with Crippen LogP contribution in [0.2, 0.25) is 0 Å². The summed E-state index contributed by atoms with van der Waals surface area (Å²) in [6, 6.07) is 6.50. The summed E-state index contributed by atoms with van der Waals surface area (Å²) >= 11 is 3.30. The van der Waals surface area contributed by atoms with Gasteiger partial charge in [0.05, 0.1) is 0 Å². The molecule has 1 aromatic rings. The van der Waals surface area contributed by atoms with Crippen LogP contribution in [0, 0.1) is 0 Å². The number of hydrogen-bond acceptors (Lipinski definition) is 5. The van der Waals surface area contributed by atoms with Crippen LogP contribution in [0.3, 0.4) is 0 Å². The van der Waals surface area contributed by atoms with E-state index in [1.165, 1.54) is 13.8 Å². The van der Waals surface area contributed by atoms with Gasteiger partial charge in [0.25, 0.3) is 5.91 Å². The molecule has 1 aliphatic heterocycles. The van der Waals surface area contributed by atoms with Crippen molar-refractivity contribution in [3.63, 3.8) is 0 Å². The van der Waals surface area contributed by atoms with E-state index in [1.54, 1.807) is 24.3 Å². The number of carbonyl (C=O) groups excluding carboxylic acids is 3. The lowest BCUT2D eigenvalue weighted by atomic mass is 10.3. The number of nitrogens with zero attached hydrogens (tertiary/aromatic N) is 1. The monoisotopic (exact) mass is 384 g/mol. The lowest BCUT2D eigenvalue weighted by molar-refractivity contribution is -0.163. The molecule has 1 aromatic carbocycles. The highest BCUT2D eigenvalue weighted by Gasteiger charge is 2.32.